The second-order valence-electron chi connectivity index (χ2n) is 13.2. The third kappa shape index (κ3) is 5.10. The third-order valence-corrected chi connectivity index (χ3v) is 10.1. The molecule has 52 heavy (non-hydrogen) atoms. The van der Waals surface area contributed by atoms with Gasteiger partial charge in [-0.15, -0.1) is 0 Å². The molecule has 0 unspecified atom stereocenters. The van der Waals surface area contributed by atoms with Gasteiger partial charge in [0.1, 0.15) is 5.69 Å². The Morgan fingerprint density at radius 1 is 0.385 bits per heavy atom. The van der Waals surface area contributed by atoms with E-state index >= 15 is 0 Å². The van der Waals surface area contributed by atoms with E-state index in [4.69, 9.17) is 9.40 Å². The van der Waals surface area contributed by atoms with Crippen LogP contribution in [0.3, 0.4) is 0 Å². The maximum atomic E-state index is 6.48. The largest absolute Gasteiger partial charge is 0.435 e. The molecule has 0 amide bonds. The van der Waals surface area contributed by atoms with Gasteiger partial charge in [0.2, 0.25) is 5.89 Å². The number of fused-ring (bicyclic) bond motifs is 3. The smallest absolute Gasteiger partial charge is 0.227 e. The molecular formula is C49H32N2O. The second-order valence-corrected chi connectivity index (χ2v) is 13.2. The van der Waals surface area contributed by atoms with Gasteiger partial charge in [-0.05, 0) is 81.9 Å². The molecule has 0 spiro atoms. The van der Waals surface area contributed by atoms with E-state index in [1.165, 1.54) is 38.8 Å². The molecule has 0 atom stereocenters. The van der Waals surface area contributed by atoms with Gasteiger partial charge in [0.25, 0.3) is 0 Å². The molecule has 0 aliphatic heterocycles. The number of oxazole rings is 1. The monoisotopic (exact) mass is 664 g/mol. The first-order chi connectivity index (χ1) is 25.8. The minimum absolute atomic E-state index is 0.645. The zero-order chi connectivity index (χ0) is 34.4. The number of rotatable bonds is 7. The lowest BCUT2D eigenvalue weighted by atomic mass is 9.99. The number of hydrogen-bond donors (Lipinski definition) is 0. The number of aromatic nitrogens is 1. The Morgan fingerprint density at radius 2 is 0.923 bits per heavy atom. The molecule has 0 radical (unpaired) electrons. The van der Waals surface area contributed by atoms with Gasteiger partial charge >= 0.3 is 0 Å². The molecule has 0 saturated carbocycles. The summed E-state index contributed by atoms with van der Waals surface area (Å²) < 4.78 is 6.48. The molecule has 3 heteroatoms. The van der Waals surface area contributed by atoms with Gasteiger partial charge in [0.15, 0.2) is 5.76 Å². The molecule has 244 valence electrons. The highest BCUT2D eigenvalue weighted by molar-refractivity contribution is 6.17. The normalized spacial score (nSPS) is 11.5. The Kier molecular flexibility index (Phi) is 7.14. The van der Waals surface area contributed by atoms with E-state index in [1.807, 2.05) is 30.3 Å². The van der Waals surface area contributed by atoms with Gasteiger partial charge in [-0.25, -0.2) is 4.98 Å². The summed E-state index contributed by atoms with van der Waals surface area (Å²) in [7, 11) is 0. The van der Waals surface area contributed by atoms with E-state index in [0.717, 1.165) is 50.6 Å². The minimum Gasteiger partial charge on any atom is -0.435 e. The quantitative estimate of drug-likeness (QED) is 0.170. The zero-order valence-electron chi connectivity index (χ0n) is 28.3. The van der Waals surface area contributed by atoms with Crippen molar-refractivity contribution in [2.75, 3.05) is 4.90 Å². The maximum absolute atomic E-state index is 6.48. The van der Waals surface area contributed by atoms with Crippen LogP contribution in [-0.2, 0) is 0 Å². The van der Waals surface area contributed by atoms with E-state index in [2.05, 4.69) is 169 Å². The molecule has 10 rings (SSSR count). The van der Waals surface area contributed by atoms with Crippen molar-refractivity contribution in [1.29, 1.82) is 0 Å². The van der Waals surface area contributed by atoms with Gasteiger partial charge in [0, 0.05) is 38.8 Å². The fraction of sp³-hybridized carbons (Fsp3) is 0. The number of hydrogen-bond acceptors (Lipinski definition) is 3. The van der Waals surface area contributed by atoms with Crippen molar-refractivity contribution in [2.45, 2.75) is 0 Å². The van der Waals surface area contributed by atoms with Crippen molar-refractivity contribution >= 4 is 27.8 Å². The van der Waals surface area contributed by atoms with E-state index < -0.39 is 0 Å². The summed E-state index contributed by atoms with van der Waals surface area (Å²) in [4.78, 5) is 7.39. The van der Waals surface area contributed by atoms with E-state index in [1.54, 1.807) is 0 Å². The van der Waals surface area contributed by atoms with E-state index in [9.17, 15) is 0 Å². The molecule has 0 N–H and O–H groups in total. The van der Waals surface area contributed by atoms with E-state index in [-0.39, 0.29) is 0 Å². The molecular weight excluding hydrogens is 633 g/mol. The van der Waals surface area contributed by atoms with Gasteiger partial charge in [-0.3, -0.25) is 0 Å². The Balaban J connectivity index is 1.09. The first kappa shape index (κ1) is 29.9. The number of benzene rings is 8. The summed E-state index contributed by atoms with van der Waals surface area (Å²) in [5, 5.41) is 2.32. The van der Waals surface area contributed by atoms with Crippen LogP contribution >= 0.6 is 0 Å². The van der Waals surface area contributed by atoms with Crippen molar-refractivity contribution in [2.24, 2.45) is 0 Å². The molecule has 0 fully saturated rings. The highest BCUT2D eigenvalue weighted by Gasteiger charge is 2.30. The van der Waals surface area contributed by atoms with Crippen molar-refractivity contribution in [3.8, 4) is 67.4 Å². The Labute approximate surface area is 302 Å². The second kappa shape index (κ2) is 12.4. The van der Waals surface area contributed by atoms with Crippen LogP contribution in [0.2, 0.25) is 0 Å². The summed E-state index contributed by atoms with van der Waals surface area (Å²) in [5.74, 6) is 1.48. The fourth-order valence-corrected chi connectivity index (χ4v) is 7.53. The standard InChI is InChI=1S/C49H32N2O/c1-4-12-33(13-5-1)35-22-24-36(25-23-35)37-26-28-40(29-27-37)51(41-19-10-18-39(32-41)34-14-6-2-7-15-34)45-31-30-43-46-42(45)20-11-21-44(46)48-47(43)50-49(52-48)38-16-8-3-9-17-38/h1-32H. The van der Waals surface area contributed by atoms with Crippen molar-refractivity contribution in [1.82, 2.24) is 4.98 Å². The number of nitrogens with zero attached hydrogens (tertiary/aromatic N) is 2. The SMILES string of the molecule is c1ccc(-c2ccc(-c3ccc(N(c4cccc(-c5ccccc5)c4)c4ccc5c6c(cccc46)-c4oc(-c6ccccc6)nc4-5)cc3)cc2)cc1. The van der Waals surface area contributed by atoms with Gasteiger partial charge in [-0.2, -0.15) is 0 Å². The van der Waals surface area contributed by atoms with Crippen LogP contribution in [0.25, 0.3) is 78.2 Å². The lowest BCUT2D eigenvalue weighted by Gasteiger charge is -2.28. The molecule has 0 bridgehead atoms. The van der Waals surface area contributed by atoms with Crippen molar-refractivity contribution < 1.29 is 4.42 Å². The predicted octanol–water partition coefficient (Wildman–Crippen LogP) is 13.6. The molecule has 1 aromatic heterocycles. The molecule has 8 aromatic carbocycles. The minimum atomic E-state index is 0.645. The molecule has 3 nitrogen and oxygen atoms in total. The summed E-state index contributed by atoms with van der Waals surface area (Å²) in [6, 6.07) is 68.7. The lowest BCUT2D eigenvalue weighted by Crippen LogP contribution is -2.10. The first-order valence-corrected chi connectivity index (χ1v) is 17.6. The van der Waals surface area contributed by atoms with Crippen LogP contribution in [0.4, 0.5) is 17.1 Å². The molecule has 1 aliphatic carbocycles. The molecule has 9 aromatic rings. The fourth-order valence-electron chi connectivity index (χ4n) is 7.53. The topological polar surface area (TPSA) is 29.3 Å². The van der Waals surface area contributed by atoms with Crippen molar-refractivity contribution in [3.63, 3.8) is 0 Å². The highest BCUT2D eigenvalue weighted by atomic mass is 16.4. The maximum Gasteiger partial charge on any atom is 0.227 e. The lowest BCUT2D eigenvalue weighted by molar-refractivity contribution is 0.590. The Hall–Kier alpha value is -6.97. The van der Waals surface area contributed by atoms with Crippen LogP contribution in [0, 0.1) is 0 Å². The van der Waals surface area contributed by atoms with Gasteiger partial charge in [0.05, 0.1) is 5.69 Å². The third-order valence-electron chi connectivity index (χ3n) is 10.1. The summed E-state index contributed by atoms with van der Waals surface area (Å²) in [6.45, 7) is 0. The van der Waals surface area contributed by atoms with Crippen LogP contribution in [-0.4, -0.2) is 4.98 Å². The van der Waals surface area contributed by atoms with E-state index in [0.29, 0.717) is 5.89 Å². The molecule has 1 aliphatic rings. The van der Waals surface area contributed by atoms with Crippen LogP contribution in [0.15, 0.2) is 199 Å². The summed E-state index contributed by atoms with van der Waals surface area (Å²) in [5.41, 5.74) is 14.5. The first-order valence-electron chi connectivity index (χ1n) is 17.6. The van der Waals surface area contributed by atoms with Crippen LogP contribution < -0.4 is 4.90 Å². The number of anilines is 3. The average Bonchev–Trinajstić information content (AvgIpc) is 3.80. The Bertz CT molecular complexity index is 2670. The van der Waals surface area contributed by atoms with Crippen LogP contribution in [0.1, 0.15) is 0 Å². The predicted molar refractivity (Wildman–Crippen MR) is 215 cm³/mol. The van der Waals surface area contributed by atoms with Gasteiger partial charge < -0.3 is 9.32 Å². The highest BCUT2D eigenvalue weighted by Crippen LogP contribution is 2.52. The van der Waals surface area contributed by atoms with Crippen molar-refractivity contribution in [3.05, 3.63) is 194 Å². The average molecular weight is 665 g/mol. The Morgan fingerprint density at radius 3 is 1.58 bits per heavy atom. The summed E-state index contributed by atoms with van der Waals surface area (Å²) in [6.07, 6.45) is 0. The van der Waals surface area contributed by atoms with Gasteiger partial charge in [-0.1, -0.05) is 146 Å². The summed E-state index contributed by atoms with van der Waals surface area (Å²) >= 11 is 0. The zero-order valence-corrected chi connectivity index (χ0v) is 28.3. The van der Waals surface area contributed by atoms with Crippen LogP contribution in [0.5, 0.6) is 0 Å². The molecule has 0 saturated heterocycles. The molecule has 1 heterocycles.